The van der Waals surface area contributed by atoms with Crippen molar-refractivity contribution in [3.05, 3.63) is 41.1 Å². The van der Waals surface area contributed by atoms with Gasteiger partial charge in [0.05, 0.1) is 11.7 Å². The van der Waals surface area contributed by atoms with Crippen molar-refractivity contribution in [3.8, 4) is 0 Å². The molecule has 0 aliphatic rings. The summed E-state index contributed by atoms with van der Waals surface area (Å²) in [6.45, 7) is 7.29. The predicted octanol–water partition coefficient (Wildman–Crippen LogP) is 3.99. The van der Waals surface area contributed by atoms with Crippen LogP contribution in [0.2, 0.25) is 5.22 Å². The molecule has 4 nitrogen and oxygen atoms in total. The van der Waals surface area contributed by atoms with Crippen LogP contribution in [0.25, 0.3) is 0 Å². The van der Waals surface area contributed by atoms with Crippen molar-refractivity contribution >= 4 is 11.6 Å². The smallest absolute Gasteiger partial charge is 0.193 e. The summed E-state index contributed by atoms with van der Waals surface area (Å²) < 4.78 is 7.54. The topological polar surface area (TPSA) is 43.0 Å². The van der Waals surface area contributed by atoms with Gasteiger partial charge in [0, 0.05) is 18.7 Å². The summed E-state index contributed by atoms with van der Waals surface area (Å²) in [6.07, 6.45) is 3.91. The molecule has 2 aromatic rings. The molecule has 110 valence electrons. The Morgan fingerprint density at radius 2 is 2.15 bits per heavy atom. The van der Waals surface area contributed by atoms with E-state index in [2.05, 4.69) is 37.3 Å². The van der Waals surface area contributed by atoms with Crippen LogP contribution in [0.15, 0.2) is 28.8 Å². The molecule has 0 amide bonds. The number of halogens is 1. The fraction of sp³-hybridized carbons (Fsp3) is 0.533. The Morgan fingerprint density at radius 3 is 2.75 bits per heavy atom. The van der Waals surface area contributed by atoms with Gasteiger partial charge in [0.25, 0.3) is 0 Å². The summed E-state index contributed by atoms with van der Waals surface area (Å²) in [7, 11) is 0. The lowest BCUT2D eigenvalue weighted by Gasteiger charge is -2.14. The Kier molecular flexibility index (Phi) is 5.26. The second-order valence-corrected chi connectivity index (χ2v) is 5.37. The first-order valence-electron chi connectivity index (χ1n) is 7.16. The molecule has 20 heavy (non-hydrogen) atoms. The van der Waals surface area contributed by atoms with Crippen LogP contribution < -0.4 is 5.32 Å². The highest BCUT2D eigenvalue weighted by Crippen LogP contribution is 2.23. The number of rotatable bonds is 7. The van der Waals surface area contributed by atoms with E-state index in [1.165, 1.54) is 0 Å². The van der Waals surface area contributed by atoms with E-state index >= 15 is 0 Å². The first-order valence-corrected chi connectivity index (χ1v) is 7.54. The van der Waals surface area contributed by atoms with E-state index < -0.39 is 0 Å². The molecule has 0 aliphatic carbocycles. The SMILES string of the molecule is CCNC(Cc1ccn(C(C)CC)n1)c1ccc(Cl)o1. The summed E-state index contributed by atoms with van der Waals surface area (Å²) in [5, 5.41) is 8.47. The molecule has 2 unspecified atom stereocenters. The normalized spacial score (nSPS) is 14.4. The number of hydrogen-bond donors (Lipinski definition) is 1. The summed E-state index contributed by atoms with van der Waals surface area (Å²) in [6, 6.07) is 6.30. The van der Waals surface area contributed by atoms with Crippen molar-refractivity contribution in [2.75, 3.05) is 6.54 Å². The standard InChI is InChI=1S/C15H22ClN3O/c1-4-11(3)19-9-8-12(18-19)10-13(17-5-2)14-6-7-15(16)20-14/h6-9,11,13,17H,4-5,10H2,1-3H3. The molecule has 2 rings (SSSR count). The van der Waals surface area contributed by atoms with Crippen molar-refractivity contribution < 1.29 is 4.42 Å². The Bertz CT molecular complexity index is 535. The minimum Gasteiger partial charge on any atom is -0.448 e. The molecule has 0 radical (unpaired) electrons. The third-order valence-electron chi connectivity index (χ3n) is 3.51. The molecule has 2 atom stereocenters. The van der Waals surface area contributed by atoms with Gasteiger partial charge in [0.1, 0.15) is 5.76 Å². The van der Waals surface area contributed by atoms with Crippen LogP contribution in [0, 0.1) is 0 Å². The molecule has 0 aromatic carbocycles. The van der Waals surface area contributed by atoms with E-state index in [1.54, 1.807) is 6.07 Å². The van der Waals surface area contributed by atoms with Gasteiger partial charge in [-0.15, -0.1) is 0 Å². The van der Waals surface area contributed by atoms with Crippen molar-refractivity contribution in [3.63, 3.8) is 0 Å². The molecule has 0 bridgehead atoms. The van der Waals surface area contributed by atoms with Gasteiger partial charge in [-0.2, -0.15) is 5.10 Å². The molecule has 2 aromatic heterocycles. The van der Waals surface area contributed by atoms with Crippen molar-refractivity contribution in [1.82, 2.24) is 15.1 Å². The molecule has 0 fully saturated rings. The van der Waals surface area contributed by atoms with E-state index in [9.17, 15) is 0 Å². The number of furan rings is 1. The van der Waals surface area contributed by atoms with Crippen LogP contribution in [0.4, 0.5) is 0 Å². The Balaban J connectivity index is 2.10. The van der Waals surface area contributed by atoms with Crippen LogP contribution >= 0.6 is 11.6 Å². The molecule has 5 heteroatoms. The molecule has 0 aliphatic heterocycles. The zero-order chi connectivity index (χ0) is 14.5. The van der Waals surface area contributed by atoms with E-state index in [1.807, 2.05) is 16.9 Å². The second kappa shape index (κ2) is 6.95. The third kappa shape index (κ3) is 3.64. The van der Waals surface area contributed by atoms with E-state index in [4.69, 9.17) is 16.0 Å². The lowest BCUT2D eigenvalue weighted by atomic mass is 10.1. The molecule has 0 spiro atoms. The lowest BCUT2D eigenvalue weighted by molar-refractivity contribution is 0.411. The van der Waals surface area contributed by atoms with Crippen LogP contribution in [0.1, 0.15) is 50.7 Å². The van der Waals surface area contributed by atoms with Crippen molar-refractivity contribution in [2.45, 2.75) is 45.7 Å². The zero-order valence-corrected chi connectivity index (χ0v) is 13.0. The fourth-order valence-corrected chi connectivity index (χ4v) is 2.32. The first kappa shape index (κ1) is 15.1. The average molecular weight is 296 g/mol. The zero-order valence-electron chi connectivity index (χ0n) is 12.3. The van der Waals surface area contributed by atoms with Crippen LogP contribution in [-0.4, -0.2) is 16.3 Å². The summed E-state index contributed by atoms with van der Waals surface area (Å²) in [5.74, 6) is 0.856. The summed E-state index contributed by atoms with van der Waals surface area (Å²) in [5.41, 5.74) is 1.06. The van der Waals surface area contributed by atoms with Crippen molar-refractivity contribution in [1.29, 1.82) is 0 Å². The fourth-order valence-electron chi connectivity index (χ4n) is 2.16. The van der Waals surface area contributed by atoms with Gasteiger partial charge in [-0.05, 0) is 49.7 Å². The first-order chi connectivity index (χ1) is 9.63. The minimum absolute atomic E-state index is 0.104. The van der Waals surface area contributed by atoms with Gasteiger partial charge in [0.15, 0.2) is 5.22 Å². The van der Waals surface area contributed by atoms with Crippen LogP contribution in [0.5, 0.6) is 0 Å². The molecule has 1 N–H and O–H groups in total. The predicted molar refractivity (Wildman–Crippen MR) is 81.1 cm³/mol. The summed E-state index contributed by atoms with van der Waals surface area (Å²) >= 11 is 5.86. The number of likely N-dealkylation sites (N-methyl/N-ethyl adjacent to an activating group) is 1. The molecular formula is C15H22ClN3O. The highest BCUT2D eigenvalue weighted by atomic mass is 35.5. The van der Waals surface area contributed by atoms with Gasteiger partial charge in [0.2, 0.25) is 0 Å². The van der Waals surface area contributed by atoms with Gasteiger partial charge in [-0.1, -0.05) is 13.8 Å². The largest absolute Gasteiger partial charge is 0.448 e. The Hall–Kier alpha value is -1.26. The van der Waals surface area contributed by atoms with Gasteiger partial charge < -0.3 is 9.73 Å². The van der Waals surface area contributed by atoms with Crippen LogP contribution in [0.3, 0.4) is 0 Å². The number of nitrogens with zero attached hydrogens (tertiary/aromatic N) is 2. The maximum atomic E-state index is 5.86. The van der Waals surface area contributed by atoms with Crippen molar-refractivity contribution in [2.24, 2.45) is 0 Å². The maximum absolute atomic E-state index is 5.86. The molecule has 0 saturated heterocycles. The van der Waals surface area contributed by atoms with E-state index in [0.29, 0.717) is 11.3 Å². The van der Waals surface area contributed by atoms with Gasteiger partial charge in [-0.3, -0.25) is 4.68 Å². The summed E-state index contributed by atoms with van der Waals surface area (Å²) in [4.78, 5) is 0. The molecular weight excluding hydrogens is 274 g/mol. The quantitative estimate of drug-likeness (QED) is 0.840. The average Bonchev–Trinajstić information content (AvgIpc) is 3.06. The minimum atomic E-state index is 0.104. The number of aromatic nitrogens is 2. The third-order valence-corrected chi connectivity index (χ3v) is 3.71. The lowest BCUT2D eigenvalue weighted by Crippen LogP contribution is -2.22. The second-order valence-electron chi connectivity index (χ2n) is 5.00. The molecule has 2 heterocycles. The highest BCUT2D eigenvalue weighted by Gasteiger charge is 2.17. The van der Waals surface area contributed by atoms with E-state index in [0.717, 1.165) is 30.8 Å². The number of nitrogens with one attached hydrogen (secondary N) is 1. The number of hydrogen-bond acceptors (Lipinski definition) is 3. The highest BCUT2D eigenvalue weighted by molar-refractivity contribution is 6.28. The maximum Gasteiger partial charge on any atom is 0.193 e. The Morgan fingerprint density at radius 1 is 1.35 bits per heavy atom. The van der Waals surface area contributed by atoms with Gasteiger partial charge in [-0.25, -0.2) is 0 Å². The van der Waals surface area contributed by atoms with Crippen LogP contribution in [-0.2, 0) is 6.42 Å². The molecule has 0 saturated carbocycles. The Labute approximate surface area is 125 Å². The van der Waals surface area contributed by atoms with E-state index in [-0.39, 0.29) is 6.04 Å². The monoisotopic (exact) mass is 295 g/mol. The van der Waals surface area contributed by atoms with Gasteiger partial charge >= 0.3 is 0 Å².